The molecule has 0 aromatic rings. The second kappa shape index (κ2) is 1.39. The second-order valence-electron chi connectivity index (χ2n) is 4.11. The number of carbonyl (C=O) groups is 1. The average molecular weight is 140 g/mol. The van der Waals surface area contributed by atoms with Crippen LogP contribution in [-0.4, -0.2) is 13.1 Å². The van der Waals surface area contributed by atoms with E-state index in [0.29, 0.717) is 5.41 Å². The van der Waals surface area contributed by atoms with E-state index in [4.69, 9.17) is 4.74 Å². The van der Waals surface area contributed by atoms with Gasteiger partial charge in [0.2, 0.25) is 0 Å². The molecule has 0 amide bonds. The van der Waals surface area contributed by atoms with Crippen LogP contribution in [-0.2, 0) is 9.53 Å². The number of hydrogen-bond donors (Lipinski definition) is 0. The summed E-state index contributed by atoms with van der Waals surface area (Å²) in [5.74, 6) is 0.0104. The molecule has 3 aliphatic carbocycles. The largest absolute Gasteiger partial charge is 0.469 e. The van der Waals surface area contributed by atoms with E-state index in [1.165, 1.54) is 7.11 Å². The Morgan fingerprint density at radius 1 is 1.40 bits per heavy atom. The van der Waals surface area contributed by atoms with E-state index in [2.05, 4.69) is 6.92 Å². The zero-order valence-corrected chi connectivity index (χ0v) is 6.44. The van der Waals surface area contributed by atoms with Crippen molar-refractivity contribution in [1.82, 2.24) is 0 Å². The van der Waals surface area contributed by atoms with Gasteiger partial charge < -0.3 is 4.74 Å². The van der Waals surface area contributed by atoms with Gasteiger partial charge in [-0.15, -0.1) is 0 Å². The molecule has 3 aliphatic rings. The molecule has 3 saturated carbocycles. The topological polar surface area (TPSA) is 26.3 Å². The zero-order valence-electron chi connectivity index (χ0n) is 6.44. The van der Waals surface area contributed by atoms with E-state index in [1.54, 1.807) is 0 Å². The van der Waals surface area contributed by atoms with Gasteiger partial charge in [0.1, 0.15) is 0 Å². The predicted molar refractivity (Wildman–Crippen MR) is 36.4 cm³/mol. The Morgan fingerprint density at radius 2 is 1.90 bits per heavy atom. The minimum atomic E-state index is -0.0243. The van der Waals surface area contributed by atoms with Gasteiger partial charge in [0.05, 0.1) is 12.5 Å². The lowest BCUT2D eigenvalue weighted by atomic mass is 9.36. The van der Waals surface area contributed by atoms with E-state index in [9.17, 15) is 4.79 Å². The first-order valence-corrected chi connectivity index (χ1v) is 3.69. The lowest BCUT2D eigenvalue weighted by molar-refractivity contribution is -0.218. The summed E-state index contributed by atoms with van der Waals surface area (Å²) in [5.41, 5.74) is 0.484. The molecule has 0 unspecified atom stereocenters. The van der Waals surface area contributed by atoms with E-state index in [0.717, 1.165) is 19.3 Å². The molecule has 2 bridgehead atoms. The van der Waals surface area contributed by atoms with Crippen LogP contribution < -0.4 is 0 Å². The molecule has 0 aromatic heterocycles. The molecule has 56 valence electrons. The second-order valence-corrected chi connectivity index (χ2v) is 4.11. The fourth-order valence-corrected chi connectivity index (χ4v) is 2.73. The Bertz CT molecular complexity index is 176. The van der Waals surface area contributed by atoms with Crippen LogP contribution in [0.4, 0.5) is 0 Å². The molecule has 0 radical (unpaired) electrons. The molecule has 3 fully saturated rings. The van der Waals surface area contributed by atoms with Crippen LogP contribution in [0.1, 0.15) is 26.2 Å². The van der Waals surface area contributed by atoms with Crippen molar-refractivity contribution >= 4 is 5.97 Å². The predicted octanol–water partition coefficient (Wildman–Crippen LogP) is 1.35. The van der Waals surface area contributed by atoms with Gasteiger partial charge >= 0.3 is 5.97 Å². The zero-order chi connectivity index (χ0) is 7.41. The third-order valence-electron chi connectivity index (χ3n) is 2.91. The molecule has 0 saturated heterocycles. The van der Waals surface area contributed by atoms with Crippen molar-refractivity contribution in [3.8, 4) is 0 Å². The van der Waals surface area contributed by atoms with Gasteiger partial charge in [-0.1, -0.05) is 6.92 Å². The molecular formula is C8H12O2. The van der Waals surface area contributed by atoms with Gasteiger partial charge in [-0.05, 0) is 24.7 Å². The highest BCUT2D eigenvalue weighted by molar-refractivity contribution is 5.81. The normalized spacial score (nSPS) is 49.0. The first kappa shape index (κ1) is 6.20. The van der Waals surface area contributed by atoms with E-state index in [-0.39, 0.29) is 11.4 Å². The van der Waals surface area contributed by atoms with Gasteiger partial charge in [-0.3, -0.25) is 4.79 Å². The van der Waals surface area contributed by atoms with Crippen molar-refractivity contribution < 1.29 is 9.53 Å². The highest BCUT2D eigenvalue weighted by Crippen LogP contribution is 2.73. The van der Waals surface area contributed by atoms with Crippen molar-refractivity contribution in [1.29, 1.82) is 0 Å². The van der Waals surface area contributed by atoms with E-state index >= 15 is 0 Å². The molecule has 2 nitrogen and oxygen atoms in total. The van der Waals surface area contributed by atoms with E-state index < -0.39 is 0 Å². The van der Waals surface area contributed by atoms with Crippen LogP contribution in [0.3, 0.4) is 0 Å². The first-order valence-electron chi connectivity index (χ1n) is 3.69. The maximum Gasteiger partial charge on any atom is 0.311 e. The number of rotatable bonds is 1. The maximum absolute atomic E-state index is 11.1. The molecular weight excluding hydrogens is 128 g/mol. The van der Waals surface area contributed by atoms with Crippen LogP contribution in [0, 0.1) is 10.8 Å². The van der Waals surface area contributed by atoms with Gasteiger partial charge in [-0.2, -0.15) is 0 Å². The summed E-state index contributed by atoms with van der Waals surface area (Å²) in [6.45, 7) is 2.23. The summed E-state index contributed by atoms with van der Waals surface area (Å²) < 4.78 is 4.70. The van der Waals surface area contributed by atoms with Gasteiger partial charge in [0, 0.05) is 0 Å². The van der Waals surface area contributed by atoms with Crippen molar-refractivity contribution in [2.45, 2.75) is 26.2 Å². The van der Waals surface area contributed by atoms with Crippen molar-refractivity contribution in [2.24, 2.45) is 10.8 Å². The number of ether oxygens (including phenoxy) is 1. The smallest absolute Gasteiger partial charge is 0.311 e. The Kier molecular flexibility index (Phi) is 0.859. The summed E-state index contributed by atoms with van der Waals surface area (Å²) in [6, 6.07) is 0. The Balaban J connectivity index is 2.04. The molecule has 0 N–H and O–H groups in total. The minimum Gasteiger partial charge on any atom is -0.469 e. The molecule has 0 spiro atoms. The highest BCUT2D eigenvalue weighted by Gasteiger charge is 2.69. The van der Waals surface area contributed by atoms with Crippen LogP contribution in [0.25, 0.3) is 0 Å². The Morgan fingerprint density at radius 3 is 2.20 bits per heavy atom. The standard InChI is InChI=1S/C8H12O2/c1-7-3-8(4-7,5-7)6(9)10-2/h3-5H2,1-2H3. The molecule has 2 heteroatoms. The van der Waals surface area contributed by atoms with Crippen LogP contribution in [0.2, 0.25) is 0 Å². The summed E-state index contributed by atoms with van der Waals surface area (Å²) in [7, 11) is 1.48. The average Bonchev–Trinajstić information content (AvgIpc) is 1.77. The van der Waals surface area contributed by atoms with Crippen molar-refractivity contribution in [3.05, 3.63) is 0 Å². The number of hydrogen-bond acceptors (Lipinski definition) is 2. The number of carbonyl (C=O) groups excluding carboxylic acids is 1. The SMILES string of the molecule is COC(=O)C12CC(C)(C1)C2. The quantitative estimate of drug-likeness (QED) is 0.514. The Labute approximate surface area is 60.6 Å². The van der Waals surface area contributed by atoms with Gasteiger partial charge in [0.25, 0.3) is 0 Å². The summed E-state index contributed by atoms with van der Waals surface area (Å²) in [4.78, 5) is 11.1. The molecule has 0 aromatic carbocycles. The number of esters is 1. The Hall–Kier alpha value is -0.530. The van der Waals surface area contributed by atoms with Crippen LogP contribution in [0.5, 0.6) is 0 Å². The summed E-state index contributed by atoms with van der Waals surface area (Å²) in [6.07, 6.45) is 3.19. The third kappa shape index (κ3) is 0.482. The van der Waals surface area contributed by atoms with Gasteiger partial charge in [-0.25, -0.2) is 0 Å². The fraction of sp³-hybridized carbons (Fsp3) is 0.875. The lowest BCUT2D eigenvalue weighted by Crippen LogP contribution is -2.64. The summed E-state index contributed by atoms with van der Waals surface area (Å²) in [5, 5.41) is 0. The molecule has 0 heterocycles. The minimum absolute atomic E-state index is 0.0104. The maximum atomic E-state index is 11.1. The van der Waals surface area contributed by atoms with Gasteiger partial charge in [0.15, 0.2) is 0 Å². The van der Waals surface area contributed by atoms with Crippen LogP contribution >= 0.6 is 0 Å². The van der Waals surface area contributed by atoms with E-state index in [1.807, 2.05) is 0 Å². The lowest BCUT2D eigenvalue weighted by Gasteiger charge is -2.67. The molecule has 3 rings (SSSR count). The summed E-state index contributed by atoms with van der Waals surface area (Å²) >= 11 is 0. The van der Waals surface area contributed by atoms with Crippen LogP contribution in [0.15, 0.2) is 0 Å². The first-order chi connectivity index (χ1) is 4.60. The van der Waals surface area contributed by atoms with Crippen molar-refractivity contribution in [3.63, 3.8) is 0 Å². The third-order valence-corrected chi connectivity index (χ3v) is 2.91. The highest BCUT2D eigenvalue weighted by atomic mass is 16.5. The molecule has 0 aliphatic heterocycles. The molecule has 0 atom stereocenters. The monoisotopic (exact) mass is 140 g/mol. The number of methoxy groups -OCH3 is 1. The molecule has 10 heavy (non-hydrogen) atoms. The van der Waals surface area contributed by atoms with Crippen molar-refractivity contribution in [2.75, 3.05) is 7.11 Å². The fourth-order valence-electron chi connectivity index (χ4n) is 2.73.